The lowest BCUT2D eigenvalue weighted by atomic mass is 9.90. The van der Waals surface area contributed by atoms with Crippen LogP contribution >= 0.6 is 0 Å². The summed E-state index contributed by atoms with van der Waals surface area (Å²) in [5.74, 6) is 0.881. The van der Waals surface area contributed by atoms with Crippen molar-refractivity contribution in [3.63, 3.8) is 0 Å². The number of rotatable bonds is 7. The fourth-order valence-electron chi connectivity index (χ4n) is 2.96. The Balaban J connectivity index is 1.83. The number of benzene rings is 1. The molecule has 0 bridgehead atoms. The summed E-state index contributed by atoms with van der Waals surface area (Å²) in [6.45, 7) is 3.69. The number of methoxy groups -OCH3 is 2. The van der Waals surface area contributed by atoms with Crippen molar-refractivity contribution in [2.24, 2.45) is 0 Å². The Morgan fingerprint density at radius 2 is 1.91 bits per heavy atom. The highest BCUT2D eigenvalue weighted by atomic mass is 16.5. The van der Waals surface area contributed by atoms with Crippen LogP contribution in [0.1, 0.15) is 31.7 Å². The van der Waals surface area contributed by atoms with Crippen LogP contribution in [0.3, 0.4) is 0 Å². The van der Waals surface area contributed by atoms with Crippen LogP contribution in [0.5, 0.6) is 5.75 Å². The molecule has 0 radical (unpaired) electrons. The third-order valence-corrected chi connectivity index (χ3v) is 4.62. The molecule has 1 fully saturated rings. The summed E-state index contributed by atoms with van der Waals surface area (Å²) in [5.41, 5.74) is 0.579. The van der Waals surface area contributed by atoms with E-state index in [1.54, 1.807) is 14.2 Å². The van der Waals surface area contributed by atoms with Gasteiger partial charge in [0.1, 0.15) is 11.4 Å². The van der Waals surface area contributed by atoms with E-state index in [1.807, 2.05) is 19.1 Å². The summed E-state index contributed by atoms with van der Waals surface area (Å²) in [6.07, 6.45) is 3.27. The standard InChI is InChI=1S/C18H28N2O3/c1-14(4-5-15-6-8-16(22-2)9-7-15)20-17(21)18(23-3)10-12-19-13-11-18/h6-9,14,19H,4-5,10-13H2,1-3H3,(H,20,21). The molecule has 0 saturated carbocycles. The predicted molar refractivity (Wildman–Crippen MR) is 90.8 cm³/mol. The Labute approximate surface area is 138 Å². The minimum Gasteiger partial charge on any atom is -0.497 e. The monoisotopic (exact) mass is 320 g/mol. The van der Waals surface area contributed by atoms with Crippen molar-refractivity contribution in [2.75, 3.05) is 27.3 Å². The number of hydrogen-bond donors (Lipinski definition) is 2. The van der Waals surface area contributed by atoms with Gasteiger partial charge in [0.25, 0.3) is 5.91 Å². The maximum absolute atomic E-state index is 12.6. The lowest BCUT2D eigenvalue weighted by Gasteiger charge is -2.35. The third kappa shape index (κ3) is 4.69. The first kappa shape index (κ1) is 17.8. The highest BCUT2D eigenvalue weighted by Crippen LogP contribution is 2.23. The number of aryl methyl sites for hydroxylation is 1. The summed E-state index contributed by atoms with van der Waals surface area (Å²) in [6, 6.07) is 8.18. The van der Waals surface area contributed by atoms with Crippen molar-refractivity contribution < 1.29 is 14.3 Å². The normalized spacial score (nSPS) is 18.2. The van der Waals surface area contributed by atoms with E-state index in [0.717, 1.165) is 44.5 Å². The molecule has 23 heavy (non-hydrogen) atoms. The van der Waals surface area contributed by atoms with Gasteiger partial charge in [-0.15, -0.1) is 0 Å². The van der Waals surface area contributed by atoms with Gasteiger partial charge in [0.15, 0.2) is 0 Å². The predicted octanol–water partition coefficient (Wildman–Crippen LogP) is 1.90. The molecule has 0 aromatic heterocycles. The molecule has 1 aromatic carbocycles. The molecule has 1 heterocycles. The average molecular weight is 320 g/mol. The summed E-state index contributed by atoms with van der Waals surface area (Å²) in [7, 11) is 3.30. The SMILES string of the molecule is COc1ccc(CCC(C)NC(=O)C2(OC)CCNCC2)cc1. The van der Waals surface area contributed by atoms with Crippen LogP contribution in [0, 0.1) is 0 Å². The summed E-state index contributed by atoms with van der Waals surface area (Å²) < 4.78 is 10.7. The second-order valence-electron chi connectivity index (χ2n) is 6.21. The van der Waals surface area contributed by atoms with E-state index in [2.05, 4.69) is 22.8 Å². The molecule has 2 rings (SSSR count). The second-order valence-corrected chi connectivity index (χ2v) is 6.21. The quantitative estimate of drug-likeness (QED) is 0.806. The number of ether oxygens (including phenoxy) is 2. The summed E-state index contributed by atoms with van der Waals surface area (Å²) in [4.78, 5) is 12.6. The van der Waals surface area contributed by atoms with Crippen LogP contribution < -0.4 is 15.4 Å². The van der Waals surface area contributed by atoms with Gasteiger partial charge < -0.3 is 20.1 Å². The fourth-order valence-corrected chi connectivity index (χ4v) is 2.96. The number of carbonyl (C=O) groups is 1. The Kier molecular flexibility index (Phi) is 6.42. The molecule has 1 aliphatic heterocycles. The van der Waals surface area contributed by atoms with Gasteiger partial charge in [-0.3, -0.25) is 4.79 Å². The molecule has 1 aliphatic rings. The number of hydrogen-bond acceptors (Lipinski definition) is 4. The van der Waals surface area contributed by atoms with E-state index in [-0.39, 0.29) is 11.9 Å². The van der Waals surface area contributed by atoms with Crippen molar-refractivity contribution in [1.29, 1.82) is 0 Å². The molecule has 1 saturated heterocycles. The third-order valence-electron chi connectivity index (χ3n) is 4.62. The summed E-state index contributed by atoms with van der Waals surface area (Å²) in [5, 5.41) is 6.39. The van der Waals surface area contributed by atoms with Crippen molar-refractivity contribution >= 4 is 5.91 Å². The molecule has 1 unspecified atom stereocenters. The minimum atomic E-state index is -0.667. The largest absolute Gasteiger partial charge is 0.497 e. The zero-order chi connectivity index (χ0) is 16.7. The van der Waals surface area contributed by atoms with Crippen LogP contribution in [0.25, 0.3) is 0 Å². The van der Waals surface area contributed by atoms with E-state index < -0.39 is 5.60 Å². The maximum Gasteiger partial charge on any atom is 0.252 e. The van der Waals surface area contributed by atoms with Gasteiger partial charge >= 0.3 is 0 Å². The molecule has 1 atom stereocenters. The molecule has 128 valence electrons. The molecule has 1 aromatic rings. The number of piperidine rings is 1. The van der Waals surface area contributed by atoms with Crippen LogP contribution in [0.2, 0.25) is 0 Å². The molecule has 0 spiro atoms. The zero-order valence-electron chi connectivity index (χ0n) is 14.4. The minimum absolute atomic E-state index is 0.0173. The van der Waals surface area contributed by atoms with Gasteiger partial charge in [-0.25, -0.2) is 0 Å². The molecule has 5 nitrogen and oxygen atoms in total. The maximum atomic E-state index is 12.6. The zero-order valence-corrected chi connectivity index (χ0v) is 14.4. The molecular formula is C18H28N2O3. The highest BCUT2D eigenvalue weighted by Gasteiger charge is 2.39. The first-order valence-electron chi connectivity index (χ1n) is 8.29. The van der Waals surface area contributed by atoms with E-state index >= 15 is 0 Å². The average Bonchev–Trinajstić information content (AvgIpc) is 2.60. The van der Waals surface area contributed by atoms with Crippen LogP contribution in [-0.2, 0) is 16.0 Å². The van der Waals surface area contributed by atoms with Gasteiger partial charge in [0.2, 0.25) is 0 Å². The van der Waals surface area contributed by atoms with Crippen molar-refractivity contribution in [3.8, 4) is 5.75 Å². The van der Waals surface area contributed by atoms with Crippen LogP contribution in [0.15, 0.2) is 24.3 Å². The number of carbonyl (C=O) groups excluding carboxylic acids is 1. The van der Waals surface area contributed by atoms with E-state index in [0.29, 0.717) is 0 Å². The Morgan fingerprint density at radius 3 is 2.48 bits per heavy atom. The summed E-state index contributed by atoms with van der Waals surface area (Å²) >= 11 is 0. The van der Waals surface area contributed by atoms with E-state index in [9.17, 15) is 4.79 Å². The Bertz CT molecular complexity index is 495. The first-order valence-corrected chi connectivity index (χ1v) is 8.29. The molecule has 2 N–H and O–H groups in total. The van der Waals surface area contributed by atoms with Gasteiger partial charge in [-0.2, -0.15) is 0 Å². The van der Waals surface area contributed by atoms with Crippen molar-refractivity contribution in [1.82, 2.24) is 10.6 Å². The smallest absolute Gasteiger partial charge is 0.252 e. The lowest BCUT2D eigenvalue weighted by Crippen LogP contribution is -2.55. The Morgan fingerprint density at radius 1 is 1.26 bits per heavy atom. The van der Waals surface area contributed by atoms with Gasteiger partial charge in [-0.1, -0.05) is 12.1 Å². The second kappa shape index (κ2) is 8.31. The van der Waals surface area contributed by atoms with Gasteiger partial charge in [-0.05, 0) is 63.4 Å². The topological polar surface area (TPSA) is 59.6 Å². The molecule has 1 amide bonds. The highest BCUT2D eigenvalue weighted by molar-refractivity contribution is 5.85. The lowest BCUT2D eigenvalue weighted by molar-refractivity contribution is -0.147. The number of amides is 1. The van der Waals surface area contributed by atoms with Crippen molar-refractivity contribution in [2.45, 2.75) is 44.2 Å². The van der Waals surface area contributed by atoms with E-state index in [4.69, 9.17) is 9.47 Å². The number of nitrogens with one attached hydrogen (secondary N) is 2. The van der Waals surface area contributed by atoms with Gasteiger partial charge in [0.05, 0.1) is 7.11 Å². The molecule has 5 heteroatoms. The van der Waals surface area contributed by atoms with E-state index in [1.165, 1.54) is 5.56 Å². The Hall–Kier alpha value is -1.59. The van der Waals surface area contributed by atoms with Crippen LogP contribution in [-0.4, -0.2) is 44.9 Å². The fraction of sp³-hybridized carbons (Fsp3) is 0.611. The first-order chi connectivity index (χ1) is 11.1. The van der Waals surface area contributed by atoms with Crippen LogP contribution in [0.4, 0.5) is 0 Å². The van der Waals surface area contributed by atoms with Crippen molar-refractivity contribution in [3.05, 3.63) is 29.8 Å². The molecular weight excluding hydrogens is 292 g/mol. The molecule has 0 aliphatic carbocycles. The van der Waals surface area contributed by atoms with Gasteiger partial charge in [0, 0.05) is 13.2 Å².